The fraction of sp³-hybridized carbons (Fsp3) is 0.562. The number of anilines is 1. The topological polar surface area (TPSA) is 41.1 Å². The molecular formula is C16H24N2OS. The lowest BCUT2D eigenvalue weighted by molar-refractivity contribution is -0.122. The van der Waals surface area contributed by atoms with E-state index in [-0.39, 0.29) is 11.9 Å². The second kappa shape index (κ2) is 7.58. The first-order valence-electron chi connectivity index (χ1n) is 7.40. The molecule has 3 nitrogen and oxygen atoms in total. The second-order valence-electron chi connectivity index (χ2n) is 5.44. The van der Waals surface area contributed by atoms with Gasteiger partial charge in [-0.25, -0.2) is 0 Å². The van der Waals surface area contributed by atoms with Crippen molar-refractivity contribution in [3.05, 3.63) is 24.3 Å². The Kier molecular flexibility index (Phi) is 5.77. The molecule has 1 aromatic carbocycles. The number of rotatable bonds is 5. The van der Waals surface area contributed by atoms with Crippen molar-refractivity contribution in [2.24, 2.45) is 0 Å². The minimum absolute atomic E-state index is 0.103. The molecule has 4 heteroatoms. The van der Waals surface area contributed by atoms with E-state index in [4.69, 9.17) is 0 Å². The number of hydrogen-bond donors (Lipinski definition) is 2. The zero-order valence-corrected chi connectivity index (χ0v) is 13.1. The Hall–Kier alpha value is -1.16. The van der Waals surface area contributed by atoms with Crippen molar-refractivity contribution in [3.63, 3.8) is 0 Å². The predicted octanol–water partition coefficient (Wildman–Crippen LogP) is 3.66. The van der Waals surface area contributed by atoms with Gasteiger partial charge in [0.15, 0.2) is 0 Å². The highest BCUT2D eigenvalue weighted by molar-refractivity contribution is 7.98. The lowest BCUT2D eigenvalue weighted by atomic mass is 9.95. The van der Waals surface area contributed by atoms with Crippen LogP contribution in [0.25, 0.3) is 0 Å². The molecule has 1 aromatic rings. The van der Waals surface area contributed by atoms with Crippen LogP contribution in [0.4, 0.5) is 5.69 Å². The van der Waals surface area contributed by atoms with Gasteiger partial charge in [0.25, 0.3) is 0 Å². The van der Waals surface area contributed by atoms with Gasteiger partial charge >= 0.3 is 0 Å². The maximum absolute atomic E-state index is 12.2. The molecule has 0 aliphatic heterocycles. The summed E-state index contributed by atoms with van der Waals surface area (Å²) in [7, 11) is 0. The first kappa shape index (κ1) is 15.2. The van der Waals surface area contributed by atoms with Crippen molar-refractivity contribution in [2.75, 3.05) is 11.6 Å². The van der Waals surface area contributed by atoms with Crippen LogP contribution >= 0.6 is 11.8 Å². The highest BCUT2D eigenvalue weighted by Gasteiger charge is 2.19. The highest BCUT2D eigenvalue weighted by Crippen LogP contribution is 2.20. The number of amides is 1. The highest BCUT2D eigenvalue weighted by atomic mass is 32.2. The van der Waals surface area contributed by atoms with Gasteiger partial charge in [-0.3, -0.25) is 4.79 Å². The number of benzene rings is 1. The molecule has 2 N–H and O–H groups in total. The van der Waals surface area contributed by atoms with Gasteiger partial charge in [-0.2, -0.15) is 0 Å². The van der Waals surface area contributed by atoms with Gasteiger partial charge in [-0.05, 0) is 44.2 Å². The third-order valence-corrected chi connectivity index (χ3v) is 4.52. The molecule has 1 saturated carbocycles. The van der Waals surface area contributed by atoms with Crippen molar-refractivity contribution in [1.29, 1.82) is 0 Å². The standard InChI is InChI=1S/C16H24N2OS/c1-12(16(19)18-13-7-4-3-5-8-13)17-14-9-6-10-15(11-14)20-2/h6,9-13,17H,3-5,7-8H2,1-2H3,(H,18,19). The SMILES string of the molecule is CSc1cccc(NC(C)C(=O)NC2CCCCC2)c1. The summed E-state index contributed by atoms with van der Waals surface area (Å²) in [4.78, 5) is 13.4. The third kappa shape index (κ3) is 4.44. The predicted molar refractivity (Wildman–Crippen MR) is 86.3 cm³/mol. The molecule has 0 heterocycles. The number of carbonyl (C=O) groups is 1. The van der Waals surface area contributed by atoms with Crippen LogP contribution in [0.15, 0.2) is 29.2 Å². The van der Waals surface area contributed by atoms with Gasteiger partial charge in [0, 0.05) is 16.6 Å². The molecule has 0 bridgehead atoms. The van der Waals surface area contributed by atoms with E-state index in [0.717, 1.165) is 18.5 Å². The molecule has 1 amide bonds. The number of nitrogens with one attached hydrogen (secondary N) is 2. The number of thioether (sulfide) groups is 1. The minimum Gasteiger partial charge on any atom is -0.374 e. The molecule has 1 aliphatic rings. The van der Waals surface area contributed by atoms with Crippen LogP contribution in [0.3, 0.4) is 0 Å². The second-order valence-corrected chi connectivity index (χ2v) is 6.32. The third-order valence-electron chi connectivity index (χ3n) is 3.80. The van der Waals surface area contributed by atoms with Crippen LogP contribution in [-0.4, -0.2) is 24.2 Å². The molecule has 20 heavy (non-hydrogen) atoms. The van der Waals surface area contributed by atoms with E-state index in [1.54, 1.807) is 11.8 Å². The van der Waals surface area contributed by atoms with Crippen molar-refractivity contribution in [3.8, 4) is 0 Å². The fourth-order valence-corrected chi connectivity index (χ4v) is 3.06. The monoisotopic (exact) mass is 292 g/mol. The summed E-state index contributed by atoms with van der Waals surface area (Å²) in [6, 6.07) is 8.34. The maximum Gasteiger partial charge on any atom is 0.242 e. The fourth-order valence-electron chi connectivity index (χ4n) is 2.60. The molecule has 2 rings (SSSR count). The summed E-state index contributed by atoms with van der Waals surface area (Å²) in [6.07, 6.45) is 8.09. The molecule has 1 fully saturated rings. The van der Waals surface area contributed by atoms with Gasteiger partial charge in [0.2, 0.25) is 5.91 Å². The van der Waals surface area contributed by atoms with E-state index in [1.807, 2.05) is 19.1 Å². The van der Waals surface area contributed by atoms with Crippen molar-refractivity contribution < 1.29 is 4.79 Å². The largest absolute Gasteiger partial charge is 0.374 e. The molecule has 0 saturated heterocycles. The van der Waals surface area contributed by atoms with E-state index in [9.17, 15) is 4.79 Å². The summed E-state index contributed by atoms with van der Waals surface area (Å²) in [5.41, 5.74) is 1.00. The zero-order chi connectivity index (χ0) is 14.4. The summed E-state index contributed by atoms with van der Waals surface area (Å²) in [5.74, 6) is 0.103. The Morgan fingerprint density at radius 2 is 2.05 bits per heavy atom. The number of carbonyl (C=O) groups excluding carboxylic acids is 1. The quantitative estimate of drug-likeness (QED) is 0.814. The molecule has 1 unspecified atom stereocenters. The van der Waals surface area contributed by atoms with Crippen molar-refractivity contribution in [1.82, 2.24) is 5.32 Å². The van der Waals surface area contributed by atoms with Gasteiger partial charge in [0.1, 0.15) is 6.04 Å². The Morgan fingerprint density at radius 1 is 1.30 bits per heavy atom. The van der Waals surface area contributed by atoms with Gasteiger partial charge in [0.05, 0.1) is 0 Å². The van der Waals surface area contributed by atoms with Crippen LogP contribution in [0, 0.1) is 0 Å². The first-order valence-corrected chi connectivity index (χ1v) is 8.62. The van der Waals surface area contributed by atoms with E-state index in [1.165, 1.54) is 24.2 Å². The Bertz CT molecular complexity index is 444. The van der Waals surface area contributed by atoms with Crippen LogP contribution in [-0.2, 0) is 4.79 Å². The lowest BCUT2D eigenvalue weighted by Gasteiger charge is -2.25. The smallest absolute Gasteiger partial charge is 0.242 e. The average molecular weight is 292 g/mol. The Morgan fingerprint density at radius 3 is 2.75 bits per heavy atom. The number of hydrogen-bond acceptors (Lipinski definition) is 3. The normalized spacial score (nSPS) is 17.5. The van der Waals surface area contributed by atoms with E-state index < -0.39 is 0 Å². The minimum atomic E-state index is -0.200. The van der Waals surface area contributed by atoms with E-state index >= 15 is 0 Å². The first-order chi connectivity index (χ1) is 9.69. The molecule has 0 spiro atoms. The summed E-state index contributed by atoms with van der Waals surface area (Å²) in [5, 5.41) is 6.44. The van der Waals surface area contributed by atoms with Gasteiger partial charge in [-0.1, -0.05) is 25.3 Å². The van der Waals surface area contributed by atoms with Gasteiger partial charge in [-0.15, -0.1) is 11.8 Å². The molecule has 1 atom stereocenters. The summed E-state index contributed by atoms with van der Waals surface area (Å²) >= 11 is 1.71. The van der Waals surface area contributed by atoms with Crippen LogP contribution in [0.5, 0.6) is 0 Å². The molecular weight excluding hydrogens is 268 g/mol. The van der Waals surface area contributed by atoms with Gasteiger partial charge < -0.3 is 10.6 Å². The average Bonchev–Trinajstić information content (AvgIpc) is 2.48. The molecule has 0 radical (unpaired) electrons. The lowest BCUT2D eigenvalue weighted by Crippen LogP contribution is -2.43. The van der Waals surface area contributed by atoms with Crippen LogP contribution < -0.4 is 10.6 Å². The van der Waals surface area contributed by atoms with Crippen molar-refractivity contribution >= 4 is 23.4 Å². The van der Waals surface area contributed by atoms with E-state index in [2.05, 4.69) is 29.0 Å². The maximum atomic E-state index is 12.2. The Balaban J connectivity index is 1.86. The van der Waals surface area contributed by atoms with Crippen LogP contribution in [0.1, 0.15) is 39.0 Å². The summed E-state index contributed by atoms with van der Waals surface area (Å²) < 4.78 is 0. The van der Waals surface area contributed by atoms with Crippen molar-refractivity contribution in [2.45, 2.75) is 56.0 Å². The molecule has 110 valence electrons. The molecule has 0 aromatic heterocycles. The molecule has 1 aliphatic carbocycles. The van der Waals surface area contributed by atoms with E-state index in [0.29, 0.717) is 6.04 Å². The van der Waals surface area contributed by atoms with Crippen LogP contribution in [0.2, 0.25) is 0 Å². The zero-order valence-electron chi connectivity index (χ0n) is 12.3. The summed E-state index contributed by atoms with van der Waals surface area (Å²) in [6.45, 7) is 1.92. The Labute approximate surface area is 125 Å².